The van der Waals surface area contributed by atoms with E-state index in [1.807, 2.05) is 37.4 Å². The largest absolute Gasteiger partial charge is 0.384 e. The highest BCUT2D eigenvalue weighted by Crippen LogP contribution is 2.31. The molecule has 0 aliphatic carbocycles. The van der Waals surface area contributed by atoms with Gasteiger partial charge in [-0.25, -0.2) is 0 Å². The van der Waals surface area contributed by atoms with Gasteiger partial charge in [0.2, 0.25) is 0 Å². The zero-order valence-electron chi connectivity index (χ0n) is 9.47. The first-order chi connectivity index (χ1) is 7.59. The van der Waals surface area contributed by atoms with E-state index in [0.29, 0.717) is 6.42 Å². The molecule has 0 amide bonds. The lowest BCUT2D eigenvalue weighted by Gasteiger charge is -2.23. The van der Waals surface area contributed by atoms with Gasteiger partial charge in [-0.1, -0.05) is 0 Å². The van der Waals surface area contributed by atoms with Crippen LogP contribution in [0.25, 0.3) is 0 Å². The summed E-state index contributed by atoms with van der Waals surface area (Å²) in [7, 11) is 0. The van der Waals surface area contributed by atoms with Crippen LogP contribution in [0.4, 0.5) is 0 Å². The topological polar surface area (TPSA) is 33.1 Å². The molecule has 84 valence electrons. The van der Waals surface area contributed by atoms with Crippen LogP contribution in [0.15, 0.2) is 36.0 Å². The molecule has 2 aromatic heterocycles. The second-order valence-corrected chi connectivity index (χ2v) is 5.15. The number of aliphatic hydroxyl groups is 1. The summed E-state index contributed by atoms with van der Waals surface area (Å²) in [5.74, 6) is 0. The van der Waals surface area contributed by atoms with E-state index in [1.54, 1.807) is 23.7 Å². The molecule has 2 nitrogen and oxygen atoms in total. The normalized spacial score (nSPS) is 14.7. The van der Waals surface area contributed by atoms with E-state index in [4.69, 9.17) is 0 Å². The third-order valence-electron chi connectivity index (χ3n) is 2.65. The number of hydrogen-bond acceptors (Lipinski definition) is 3. The van der Waals surface area contributed by atoms with Gasteiger partial charge in [0, 0.05) is 23.7 Å². The molecule has 0 bridgehead atoms. The lowest BCUT2D eigenvalue weighted by atomic mass is 9.93. The molecule has 1 atom stereocenters. The minimum Gasteiger partial charge on any atom is -0.384 e. The molecular weight excluding hydrogens is 218 g/mol. The first-order valence-electron chi connectivity index (χ1n) is 5.25. The Bertz CT molecular complexity index is 462. The SMILES string of the molecule is Cc1ccsc1C(C)(O)Cc1ccncc1. The summed E-state index contributed by atoms with van der Waals surface area (Å²) < 4.78 is 0. The van der Waals surface area contributed by atoms with Crippen LogP contribution in [0, 0.1) is 6.92 Å². The average Bonchev–Trinajstić information content (AvgIpc) is 2.66. The van der Waals surface area contributed by atoms with E-state index in [9.17, 15) is 5.11 Å². The van der Waals surface area contributed by atoms with Crippen LogP contribution in [0.1, 0.15) is 22.9 Å². The fraction of sp³-hybridized carbons (Fsp3) is 0.308. The Morgan fingerprint density at radius 3 is 2.56 bits per heavy atom. The molecule has 0 aliphatic heterocycles. The van der Waals surface area contributed by atoms with Crippen LogP contribution in [-0.2, 0) is 12.0 Å². The predicted octanol–water partition coefficient (Wildman–Crippen LogP) is 2.90. The number of aromatic nitrogens is 1. The van der Waals surface area contributed by atoms with Crippen molar-refractivity contribution < 1.29 is 5.11 Å². The molecule has 16 heavy (non-hydrogen) atoms. The third kappa shape index (κ3) is 2.31. The van der Waals surface area contributed by atoms with E-state index < -0.39 is 5.60 Å². The standard InChI is InChI=1S/C13H15NOS/c1-10-5-8-16-12(10)13(2,15)9-11-3-6-14-7-4-11/h3-8,15H,9H2,1-2H3. The van der Waals surface area contributed by atoms with Crippen molar-refractivity contribution in [3.05, 3.63) is 52.0 Å². The van der Waals surface area contributed by atoms with Crippen molar-refractivity contribution in [3.8, 4) is 0 Å². The Hall–Kier alpha value is -1.19. The molecule has 0 aromatic carbocycles. The van der Waals surface area contributed by atoms with Gasteiger partial charge in [-0.3, -0.25) is 4.98 Å². The minimum absolute atomic E-state index is 0.622. The van der Waals surface area contributed by atoms with Crippen LogP contribution >= 0.6 is 11.3 Å². The van der Waals surface area contributed by atoms with E-state index in [2.05, 4.69) is 4.98 Å². The summed E-state index contributed by atoms with van der Waals surface area (Å²) in [6.07, 6.45) is 4.14. The molecule has 2 aromatic rings. The maximum Gasteiger partial charge on any atom is 0.100 e. The van der Waals surface area contributed by atoms with E-state index in [0.717, 1.165) is 16.0 Å². The number of nitrogens with zero attached hydrogens (tertiary/aromatic N) is 1. The van der Waals surface area contributed by atoms with Gasteiger partial charge in [0.25, 0.3) is 0 Å². The van der Waals surface area contributed by atoms with Crippen LogP contribution in [0.3, 0.4) is 0 Å². The van der Waals surface area contributed by atoms with Crippen LogP contribution in [0.2, 0.25) is 0 Å². The molecule has 0 fully saturated rings. The van der Waals surface area contributed by atoms with Crippen molar-refractivity contribution in [2.24, 2.45) is 0 Å². The number of thiophene rings is 1. The molecule has 3 heteroatoms. The maximum atomic E-state index is 10.5. The van der Waals surface area contributed by atoms with Gasteiger partial charge in [-0.2, -0.15) is 0 Å². The number of rotatable bonds is 3. The summed E-state index contributed by atoms with van der Waals surface area (Å²) in [6.45, 7) is 3.90. The first kappa shape index (κ1) is 11.3. The Labute approximate surface area is 99.6 Å². The molecular formula is C13H15NOS. The fourth-order valence-electron chi connectivity index (χ4n) is 1.90. The van der Waals surface area contributed by atoms with Gasteiger partial charge < -0.3 is 5.11 Å². The number of hydrogen-bond donors (Lipinski definition) is 1. The Kier molecular flexibility index (Phi) is 3.08. The summed E-state index contributed by atoms with van der Waals surface area (Å²) in [6, 6.07) is 5.93. The van der Waals surface area contributed by atoms with Gasteiger partial charge in [-0.15, -0.1) is 11.3 Å². The molecule has 2 rings (SSSR count). The molecule has 0 spiro atoms. The average molecular weight is 233 g/mol. The van der Waals surface area contributed by atoms with E-state index >= 15 is 0 Å². The molecule has 0 radical (unpaired) electrons. The highest BCUT2D eigenvalue weighted by molar-refractivity contribution is 7.10. The maximum absolute atomic E-state index is 10.5. The zero-order chi connectivity index (χ0) is 11.6. The first-order valence-corrected chi connectivity index (χ1v) is 6.13. The van der Waals surface area contributed by atoms with Crippen molar-refractivity contribution in [3.63, 3.8) is 0 Å². The third-order valence-corrected chi connectivity index (χ3v) is 3.92. The zero-order valence-corrected chi connectivity index (χ0v) is 10.3. The van der Waals surface area contributed by atoms with Crippen molar-refractivity contribution >= 4 is 11.3 Å². The smallest absolute Gasteiger partial charge is 0.100 e. The second kappa shape index (κ2) is 4.36. The van der Waals surface area contributed by atoms with Gasteiger partial charge in [-0.05, 0) is 48.6 Å². The Morgan fingerprint density at radius 2 is 2.00 bits per heavy atom. The summed E-state index contributed by atoms with van der Waals surface area (Å²) >= 11 is 1.61. The van der Waals surface area contributed by atoms with Gasteiger partial charge in [0.15, 0.2) is 0 Å². The van der Waals surface area contributed by atoms with Gasteiger partial charge in [0.05, 0.1) is 0 Å². The van der Waals surface area contributed by atoms with Gasteiger partial charge in [0.1, 0.15) is 5.60 Å². The van der Waals surface area contributed by atoms with E-state index in [1.165, 1.54) is 0 Å². The summed E-state index contributed by atoms with van der Waals surface area (Å²) in [5, 5.41) is 12.5. The van der Waals surface area contributed by atoms with Crippen LogP contribution < -0.4 is 0 Å². The molecule has 0 aliphatic rings. The number of pyridine rings is 1. The van der Waals surface area contributed by atoms with Crippen LogP contribution in [0.5, 0.6) is 0 Å². The molecule has 0 saturated carbocycles. The van der Waals surface area contributed by atoms with Crippen molar-refractivity contribution in [2.75, 3.05) is 0 Å². The lowest BCUT2D eigenvalue weighted by molar-refractivity contribution is 0.0609. The minimum atomic E-state index is -0.792. The molecule has 1 unspecified atom stereocenters. The van der Waals surface area contributed by atoms with Crippen molar-refractivity contribution in [1.82, 2.24) is 4.98 Å². The Balaban J connectivity index is 2.24. The van der Waals surface area contributed by atoms with Crippen molar-refractivity contribution in [2.45, 2.75) is 25.9 Å². The molecule has 0 saturated heterocycles. The highest BCUT2D eigenvalue weighted by atomic mass is 32.1. The fourth-order valence-corrected chi connectivity index (χ4v) is 2.89. The lowest BCUT2D eigenvalue weighted by Crippen LogP contribution is -2.23. The van der Waals surface area contributed by atoms with E-state index in [-0.39, 0.29) is 0 Å². The summed E-state index contributed by atoms with van der Waals surface area (Å²) in [5.41, 5.74) is 1.47. The monoisotopic (exact) mass is 233 g/mol. The van der Waals surface area contributed by atoms with Crippen LogP contribution in [-0.4, -0.2) is 10.1 Å². The predicted molar refractivity (Wildman–Crippen MR) is 66.6 cm³/mol. The molecule has 1 N–H and O–H groups in total. The highest BCUT2D eigenvalue weighted by Gasteiger charge is 2.26. The molecule has 2 heterocycles. The van der Waals surface area contributed by atoms with Gasteiger partial charge >= 0.3 is 0 Å². The summed E-state index contributed by atoms with van der Waals surface area (Å²) in [4.78, 5) is 5.02. The number of aryl methyl sites for hydroxylation is 1. The second-order valence-electron chi connectivity index (χ2n) is 4.24. The quantitative estimate of drug-likeness (QED) is 0.884. The Morgan fingerprint density at radius 1 is 1.31 bits per heavy atom. The van der Waals surface area contributed by atoms with Crippen molar-refractivity contribution in [1.29, 1.82) is 0 Å².